The van der Waals surface area contributed by atoms with Crippen molar-refractivity contribution in [2.75, 3.05) is 17.2 Å². The summed E-state index contributed by atoms with van der Waals surface area (Å²) in [5.74, 6) is -1.96. The lowest BCUT2D eigenvalue weighted by Crippen LogP contribution is -2.21. The van der Waals surface area contributed by atoms with E-state index in [1.165, 1.54) is 19.1 Å². The molecule has 2 N–H and O–H groups in total. The van der Waals surface area contributed by atoms with E-state index in [0.29, 0.717) is 11.4 Å². The fraction of sp³-hybridized carbons (Fsp3) is 0.118. The van der Waals surface area contributed by atoms with Crippen molar-refractivity contribution >= 4 is 29.2 Å². The van der Waals surface area contributed by atoms with E-state index in [1.54, 1.807) is 24.3 Å². The standard InChI is InChI=1S/C17H15FN2O4/c1-11(21)19-14-3-2-4-15(9-14)20-16(22)10-24-17(23)12-5-7-13(18)8-6-12/h2-9H,10H2,1H3,(H,19,21)(H,20,22). The predicted octanol–water partition coefficient (Wildman–Crippen LogP) is 2.58. The first-order valence-corrected chi connectivity index (χ1v) is 7.04. The van der Waals surface area contributed by atoms with Crippen LogP contribution >= 0.6 is 0 Å². The van der Waals surface area contributed by atoms with E-state index in [0.717, 1.165) is 12.1 Å². The number of nitrogens with one attached hydrogen (secondary N) is 2. The first-order valence-electron chi connectivity index (χ1n) is 7.04. The summed E-state index contributed by atoms with van der Waals surface area (Å²) < 4.78 is 17.6. The van der Waals surface area contributed by atoms with Gasteiger partial charge in [0.05, 0.1) is 5.56 Å². The third-order valence-corrected chi connectivity index (χ3v) is 2.88. The molecule has 0 unspecified atom stereocenters. The van der Waals surface area contributed by atoms with Crippen LogP contribution < -0.4 is 10.6 Å². The van der Waals surface area contributed by atoms with Gasteiger partial charge in [0.1, 0.15) is 5.82 Å². The summed E-state index contributed by atoms with van der Waals surface area (Å²) in [5.41, 5.74) is 1.13. The summed E-state index contributed by atoms with van der Waals surface area (Å²) in [6.45, 7) is 0.890. The Labute approximate surface area is 137 Å². The Kier molecular flexibility index (Phi) is 5.62. The molecule has 6 nitrogen and oxygen atoms in total. The van der Waals surface area contributed by atoms with Crippen molar-refractivity contribution in [1.82, 2.24) is 0 Å². The molecule has 0 aliphatic rings. The van der Waals surface area contributed by atoms with Crippen LogP contribution in [0.15, 0.2) is 48.5 Å². The molecular weight excluding hydrogens is 315 g/mol. The van der Waals surface area contributed by atoms with Crippen LogP contribution in [0.25, 0.3) is 0 Å². The summed E-state index contributed by atoms with van der Waals surface area (Å²) in [5, 5.41) is 5.13. The molecule has 124 valence electrons. The summed E-state index contributed by atoms with van der Waals surface area (Å²) in [6.07, 6.45) is 0. The molecule has 0 bridgehead atoms. The minimum atomic E-state index is -0.725. The van der Waals surface area contributed by atoms with E-state index in [-0.39, 0.29) is 11.5 Å². The molecule has 0 fully saturated rings. The van der Waals surface area contributed by atoms with Crippen molar-refractivity contribution in [1.29, 1.82) is 0 Å². The quantitative estimate of drug-likeness (QED) is 0.825. The van der Waals surface area contributed by atoms with Gasteiger partial charge in [0, 0.05) is 18.3 Å². The van der Waals surface area contributed by atoms with Crippen molar-refractivity contribution in [3.05, 3.63) is 59.9 Å². The molecule has 2 rings (SSSR count). The SMILES string of the molecule is CC(=O)Nc1cccc(NC(=O)COC(=O)c2ccc(F)cc2)c1. The topological polar surface area (TPSA) is 84.5 Å². The molecule has 0 aliphatic heterocycles. The number of anilines is 2. The molecule has 0 saturated carbocycles. The number of hydrogen-bond donors (Lipinski definition) is 2. The van der Waals surface area contributed by atoms with E-state index < -0.39 is 24.3 Å². The first-order chi connectivity index (χ1) is 11.4. The molecule has 0 radical (unpaired) electrons. The molecule has 2 amide bonds. The van der Waals surface area contributed by atoms with Crippen LogP contribution in [-0.2, 0) is 14.3 Å². The molecular formula is C17H15FN2O4. The number of hydrogen-bond acceptors (Lipinski definition) is 4. The summed E-state index contributed by atoms with van der Waals surface area (Å²) in [6, 6.07) is 11.3. The van der Waals surface area contributed by atoms with Gasteiger partial charge in [0.15, 0.2) is 6.61 Å². The number of benzene rings is 2. The van der Waals surface area contributed by atoms with Crippen molar-refractivity contribution in [3.8, 4) is 0 Å². The fourth-order valence-electron chi connectivity index (χ4n) is 1.88. The van der Waals surface area contributed by atoms with Crippen LogP contribution in [0.5, 0.6) is 0 Å². The molecule has 0 aliphatic carbocycles. The monoisotopic (exact) mass is 330 g/mol. The number of rotatable bonds is 5. The molecule has 0 saturated heterocycles. The van der Waals surface area contributed by atoms with Gasteiger partial charge in [-0.3, -0.25) is 9.59 Å². The molecule has 24 heavy (non-hydrogen) atoms. The zero-order valence-electron chi connectivity index (χ0n) is 12.8. The second-order valence-corrected chi connectivity index (χ2v) is 4.89. The van der Waals surface area contributed by atoms with Crippen molar-refractivity contribution in [2.24, 2.45) is 0 Å². The Bertz CT molecular complexity index is 759. The lowest BCUT2D eigenvalue weighted by Gasteiger charge is -2.08. The van der Waals surface area contributed by atoms with Crippen LogP contribution in [0.2, 0.25) is 0 Å². The molecule has 2 aromatic carbocycles. The van der Waals surface area contributed by atoms with Gasteiger partial charge in [-0.15, -0.1) is 0 Å². The number of halogens is 1. The van der Waals surface area contributed by atoms with Gasteiger partial charge in [-0.1, -0.05) is 6.07 Å². The smallest absolute Gasteiger partial charge is 0.338 e. The molecule has 0 heterocycles. The van der Waals surface area contributed by atoms with Gasteiger partial charge in [0.25, 0.3) is 5.91 Å². The molecule has 7 heteroatoms. The summed E-state index contributed by atoms with van der Waals surface area (Å²) in [7, 11) is 0. The van der Waals surface area contributed by atoms with Crippen molar-refractivity contribution in [2.45, 2.75) is 6.92 Å². The number of carbonyl (C=O) groups excluding carboxylic acids is 3. The van der Waals surface area contributed by atoms with E-state index in [4.69, 9.17) is 4.74 Å². The van der Waals surface area contributed by atoms with Gasteiger partial charge in [-0.05, 0) is 42.5 Å². The largest absolute Gasteiger partial charge is 0.452 e. The van der Waals surface area contributed by atoms with Gasteiger partial charge in [0.2, 0.25) is 5.91 Å². The average molecular weight is 330 g/mol. The Hall–Kier alpha value is -3.22. The number of ether oxygens (including phenoxy) is 1. The average Bonchev–Trinajstić information content (AvgIpc) is 2.53. The van der Waals surface area contributed by atoms with Gasteiger partial charge < -0.3 is 15.4 Å². The van der Waals surface area contributed by atoms with Crippen LogP contribution in [-0.4, -0.2) is 24.4 Å². The first kappa shape index (κ1) is 17.1. The molecule has 2 aromatic rings. The molecule has 0 spiro atoms. The van der Waals surface area contributed by atoms with Crippen LogP contribution in [0.4, 0.5) is 15.8 Å². The lowest BCUT2D eigenvalue weighted by molar-refractivity contribution is -0.119. The van der Waals surface area contributed by atoms with E-state index >= 15 is 0 Å². The third kappa shape index (κ3) is 5.20. The van der Waals surface area contributed by atoms with Crippen molar-refractivity contribution in [3.63, 3.8) is 0 Å². The van der Waals surface area contributed by atoms with Gasteiger partial charge >= 0.3 is 5.97 Å². The molecule has 0 atom stereocenters. The van der Waals surface area contributed by atoms with Gasteiger partial charge in [-0.25, -0.2) is 9.18 Å². The Morgan fingerprint density at radius 2 is 1.62 bits per heavy atom. The maximum Gasteiger partial charge on any atom is 0.338 e. The van der Waals surface area contributed by atoms with E-state index in [1.807, 2.05) is 0 Å². The van der Waals surface area contributed by atoms with E-state index in [9.17, 15) is 18.8 Å². The van der Waals surface area contributed by atoms with Crippen LogP contribution in [0, 0.1) is 5.82 Å². The van der Waals surface area contributed by atoms with Crippen LogP contribution in [0.3, 0.4) is 0 Å². The maximum absolute atomic E-state index is 12.8. The highest BCUT2D eigenvalue weighted by molar-refractivity contribution is 5.96. The minimum Gasteiger partial charge on any atom is -0.452 e. The van der Waals surface area contributed by atoms with Gasteiger partial charge in [-0.2, -0.15) is 0 Å². The third-order valence-electron chi connectivity index (χ3n) is 2.88. The Morgan fingerprint density at radius 3 is 2.25 bits per heavy atom. The normalized spacial score (nSPS) is 9.92. The minimum absolute atomic E-state index is 0.150. The Balaban J connectivity index is 1.88. The van der Waals surface area contributed by atoms with Crippen molar-refractivity contribution < 1.29 is 23.5 Å². The number of carbonyl (C=O) groups is 3. The zero-order chi connectivity index (χ0) is 17.5. The fourth-order valence-corrected chi connectivity index (χ4v) is 1.88. The Morgan fingerprint density at radius 1 is 1.00 bits per heavy atom. The van der Waals surface area contributed by atoms with Crippen LogP contribution in [0.1, 0.15) is 17.3 Å². The summed E-state index contributed by atoms with van der Waals surface area (Å²) in [4.78, 5) is 34.5. The van der Waals surface area contributed by atoms with E-state index in [2.05, 4.69) is 10.6 Å². The molecule has 0 aromatic heterocycles. The lowest BCUT2D eigenvalue weighted by atomic mass is 10.2. The second kappa shape index (κ2) is 7.87. The highest BCUT2D eigenvalue weighted by atomic mass is 19.1. The second-order valence-electron chi connectivity index (χ2n) is 4.89. The maximum atomic E-state index is 12.8. The number of esters is 1. The number of amides is 2. The summed E-state index contributed by atoms with van der Waals surface area (Å²) >= 11 is 0. The highest BCUT2D eigenvalue weighted by Crippen LogP contribution is 2.15. The highest BCUT2D eigenvalue weighted by Gasteiger charge is 2.10. The predicted molar refractivity (Wildman–Crippen MR) is 86.1 cm³/mol. The zero-order valence-corrected chi connectivity index (χ0v) is 12.8.